The number of rotatable bonds is 3. The van der Waals surface area contributed by atoms with Crippen LogP contribution in [0.15, 0.2) is 27.4 Å². The van der Waals surface area contributed by atoms with Crippen LogP contribution in [0.1, 0.15) is 5.69 Å². The number of H-pyrrole nitrogens is 2. The van der Waals surface area contributed by atoms with Gasteiger partial charge in [0.2, 0.25) is 0 Å². The van der Waals surface area contributed by atoms with E-state index in [1.54, 1.807) is 5.38 Å². The number of hydrogen-bond donors (Lipinski definition) is 3. The van der Waals surface area contributed by atoms with Crippen LogP contribution in [0.3, 0.4) is 0 Å². The minimum absolute atomic E-state index is 0.110. The molecule has 0 aromatic carbocycles. The summed E-state index contributed by atoms with van der Waals surface area (Å²) in [7, 11) is 0. The lowest BCUT2D eigenvalue weighted by Crippen LogP contribution is -2.15. The molecule has 0 spiro atoms. The Morgan fingerprint density at radius 3 is 3.00 bits per heavy atom. The third-order valence-corrected chi connectivity index (χ3v) is 2.44. The molecule has 78 valence electrons. The van der Waals surface area contributed by atoms with Gasteiger partial charge in [0, 0.05) is 23.5 Å². The lowest BCUT2D eigenvalue weighted by atomic mass is 10.5. The molecule has 0 fully saturated rings. The third kappa shape index (κ3) is 2.32. The molecule has 2 aromatic heterocycles. The molecule has 0 atom stereocenters. The zero-order valence-electron chi connectivity index (χ0n) is 7.61. The fourth-order valence-electron chi connectivity index (χ4n) is 1.06. The monoisotopic (exact) mass is 224 g/mol. The van der Waals surface area contributed by atoms with Crippen LogP contribution in [0.25, 0.3) is 0 Å². The van der Waals surface area contributed by atoms with E-state index in [1.807, 2.05) is 0 Å². The summed E-state index contributed by atoms with van der Waals surface area (Å²) in [5.74, 6) is 0.240. The number of aromatic nitrogens is 3. The summed E-state index contributed by atoms with van der Waals surface area (Å²) < 4.78 is 0. The van der Waals surface area contributed by atoms with Crippen LogP contribution in [-0.2, 0) is 6.54 Å². The summed E-state index contributed by atoms with van der Waals surface area (Å²) in [6.07, 6.45) is 2.94. The van der Waals surface area contributed by atoms with E-state index in [1.165, 1.54) is 12.4 Å². The van der Waals surface area contributed by atoms with Crippen molar-refractivity contribution in [1.82, 2.24) is 15.0 Å². The van der Waals surface area contributed by atoms with E-state index in [2.05, 4.69) is 20.3 Å². The van der Waals surface area contributed by atoms with Gasteiger partial charge in [0.15, 0.2) is 5.82 Å². The SMILES string of the molecule is O=c1[nH]c(CNc2ncc[nH]c2=O)cs1. The Bertz CT molecular complexity index is 556. The van der Waals surface area contributed by atoms with Gasteiger partial charge in [0.05, 0.1) is 6.54 Å². The number of thiazole rings is 1. The minimum Gasteiger partial charge on any atom is -0.360 e. The average Bonchev–Trinajstić information content (AvgIpc) is 2.63. The van der Waals surface area contributed by atoms with E-state index in [9.17, 15) is 9.59 Å². The summed E-state index contributed by atoms with van der Waals surface area (Å²) >= 11 is 1.09. The number of nitrogens with zero attached hydrogens (tertiary/aromatic N) is 1. The second-order valence-electron chi connectivity index (χ2n) is 2.79. The van der Waals surface area contributed by atoms with Crippen LogP contribution >= 0.6 is 11.3 Å². The molecule has 6 nitrogen and oxygen atoms in total. The number of hydrogen-bond acceptors (Lipinski definition) is 5. The highest BCUT2D eigenvalue weighted by Gasteiger charge is 2.00. The Hall–Kier alpha value is -1.89. The molecule has 0 bridgehead atoms. The van der Waals surface area contributed by atoms with Gasteiger partial charge in [-0.05, 0) is 0 Å². The summed E-state index contributed by atoms with van der Waals surface area (Å²) in [4.78, 5) is 30.9. The van der Waals surface area contributed by atoms with Crippen molar-refractivity contribution in [2.45, 2.75) is 6.54 Å². The molecule has 15 heavy (non-hydrogen) atoms. The first-order valence-electron chi connectivity index (χ1n) is 4.20. The molecule has 0 unspecified atom stereocenters. The Kier molecular flexibility index (Phi) is 2.64. The van der Waals surface area contributed by atoms with E-state index in [0.717, 1.165) is 17.0 Å². The molecule has 7 heteroatoms. The van der Waals surface area contributed by atoms with Gasteiger partial charge in [-0.25, -0.2) is 4.98 Å². The molecule has 0 radical (unpaired) electrons. The molecule has 0 aliphatic rings. The molecule has 0 saturated heterocycles. The normalized spacial score (nSPS) is 10.1. The summed E-state index contributed by atoms with van der Waals surface area (Å²) in [6, 6.07) is 0. The van der Waals surface area contributed by atoms with Crippen molar-refractivity contribution < 1.29 is 0 Å². The van der Waals surface area contributed by atoms with Gasteiger partial charge in [-0.3, -0.25) is 9.59 Å². The van der Waals surface area contributed by atoms with Crippen LogP contribution in [-0.4, -0.2) is 15.0 Å². The van der Waals surface area contributed by atoms with E-state index >= 15 is 0 Å². The second-order valence-corrected chi connectivity index (χ2v) is 3.64. The summed E-state index contributed by atoms with van der Waals surface area (Å²) in [5.41, 5.74) is 0.449. The third-order valence-electron chi connectivity index (χ3n) is 1.72. The fourth-order valence-corrected chi connectivity index (χ4v) is 1.64. The Morgan fingerprint density at radius 2 is 2.33 bits per heavy atom. The molecule has 2 rings (SSSR count). The highest BCUT2D eigenvalue weighted by molar-refractivity contribution is 7.07. The maximum absolute atomic E-state index is 11.2. The zero-order chi connectivity index (χ0) is 10.7. The first kappa shape index (κ1) is 9.66. The smallest absolute Gasteiger partial charge is 0.304 e. The summed E-state index contributed by atoms with van der Waals surface area (Å²) in [5, 5.41) is 4.53. The molecule has 0 aliphatic carbocycles. The molecule has 3 N–H and O–H groups in total. The molecule has 2 heterocycles. The van der Waals surface area contributed by atoms with E-state index in [4.69, 9.17) is 0 Å². The molecule has 0 aliphatic heterocycles. The molecular formula is C8H8N4O2S. The Labute approximate surface area is 88.0 Å². The fraction of sp³-hybridized carbons (Fsp3) is 0.125. The first-order valence-corrected chi connectivity index (χ1v) is 5.08. The van der Waals surface area contributed by atoms with Gasteiger partial charge in [-0.2, -0.15) is 0 Å². The lowest BCUT2D eigenvalue weighted by molar-refractivity contribution is 1.02. The molecular weight excluding hydrogens is 216 g/mol. The van der Waals surface area contributed by atoms with Crippen molar-refractivity contribution in [1.29, 1.82) is 0 Å². The van der Waals surface area contributed by atoms with Crippen LogP contribution in [0.4, 0.5) is 5.82 Å². The van der Waals surface area contributed by atoms with Gasteiger partial charge in [-0.1, -0.05) is 11.3 Å². The van der Waals surface area contributed by atoms with Gasteiger partial charge in [-0.15, -0.1) is 0 Å². The van der Waals surface area contributed by atoms with Gasteiger partial charge < -0.3 is 15.3 Å². The van der Waals surface area contributed by atoms with E-state index in [0.29, 0.717) is 6.54 Å². The van der Waals surface area contributed by atoms with Crippen molar-refractivity contribution in [3.8, 4) is 0 Å². The average molecular weight is 224 g/mol. The topological polar surface area (TPSA) is 90.6 Å². The van der Waals surface area contributed by atoms with E-state index in [-0.39, 0.29) is 16.3 Å². The number of anilines is 1. The predicted molar refractivity (Wildman–Crippen MR) is 57.1 cm³/mol. The quantitative estimate of drug-likeness (QED) is 0.691. The van der Waals surface area contributed by atoms with Gasteiger partial charge in [0.25, 0.3) is 5.56 Å². The predicted octanol–water partition coefficient (Wildman–Crippen LogP) is 0.132. The van der Waals surface area contributed by atoms with Crippen LogP contribution in [0.5, 0.6) is 0 Å². The first-order chi connectivity index (χ1) is 7.25. The van der Waals surface area contributed by atoms with Crippen LogP contribution in [0.2, 0.25) is 0 Å². The highest BCUT2D eigenvalue weighted by Crippen LogP contribution is 1.98. The Balaban J connectivity index is 2.08. The standard InChI is InChI=1S/C8H8N4O2S/c13-7-6(9-1-2-10-7)11-3-5-4-15-8(14)12-5/h1-2,4H,3H2,(H,9,11)(H,10,13)(H,12,14). The highest BCUT2D eigenvalue weighted by atomic mass is 32.1. The van der Waals surface area contributed by atoms with Crippen molar-refractivity contribution in [2.24, 2.45) is 0 Å². The van der Waals surface area contributed by atoms with Crippen molar-refractivity contribution in [3.05, 3.63) is 43.5 Å². The summed E-state index contributed by atoms with van der Waals surface area (Å²) in [6.45, 7) is 0.374. The second kappa shape index (κ2) is 4.09. The minimum atomic E-state index is -0.282. The maximum atomic E-state index is 11.2. The Morgan fingerprint density at radius 1 is 1.47 bits per heavy atom. The van der Waals surface area contributed by atoms with Crippen LogP contribution in [0, 0.1) is 0 Å². The molecule has 2 aromatic rings. The maximum Gasteiger partial charge on any atom is 0.304 e. The molecule has 0 saturated carbocycles. The zero-order valence-corrected chi connectivity index (χ0v) is 8.43. The number of aromatic amines is 2. The lowest BCUT2D eigenvalue weighted by Gasteiger charge is -2.00. The largest absolute Gasteiger partial charge is 0.360 e. The van der Waals surface area contributed by atoms with Crippen molar-refractivity contribution in [2.75, 3.05) is 5.32 Å². The van der Waals surface area contributed by atoms with Gasteiger partial charge >= 0.3 is 4.87 Å². The van der Waals surface area contributed by atoms with Crippen LogP contribution < -0.4 is 15.7 Å². The van der Waals surface area contributed by atoms with E-state index < -0.39 is 0 Å². The van der Waals surface area contributed by atoms with Crippen molar-refractivity contribution in [3.63, 3.8) is 0 Å². The number of nitrogens with one attached hydrogen (secondary N) is 3. The van der Waals surface area contributed by atoms with Crippen molar-refractivity contribution >= 4 is 17.2 Å². The van der Waals surface area contributed by atoms with Gasteiger partial charge in [0.1, 0.15) is 0 Å². The molecule has 0 amide bonds.